The van der Waals surface area contributed by atoms with E-state index in [1.807, 2.05) is 30.3 Å². The molecule has 1 spiro atoms. The van der Waals surface area contributed by atoms with E-state index < -0.39 is 5.41 Å². The van der Waals surface area contributed by atoms with Crippen LogP contribution in [0.3, 0.4) is 0 Å². The molecule has 0 radical (unpaired) electrons. The molecule has 0 fully saturated rings. The van der Waals surface area contributed by atoms with Crippen molar-refractivity contribution in [3.8, 4) is 0 Å². The molecule has 2 aliphatic rings. The summed E-state index contributed by atoms with van der Waals surface area (Å²) in [6.45, 7) is 0.180. The lowest BCUT2D eigenvalue weighted by atomic mass is 9.79. The maximum atomic E-state index is 12.7. The molecule has 0 saturated heterocycles. The van der Waals surface area contributed by atoms with E-state index >= 15 is 0 Å². The summed E-state index contributed by atoms with van der Waals surface area (Å²) in [7, 11) is 1.71. The summed E-state index contributed by atoms with van der Waals surface area (Å²) < 4.78 is 0. The van der Waals surface area contributed by atoms with E-state index in [0.29, 0.717) is 18.7 Å². The molecule has 1 atom stereocenters. The Morgan fingerprint density at radius 2 is 2.12 bits per heavy atom. The highest BCUT2D eigenvalue weighted by Gasteiger charge is 2.50. The average Bonchev–Trinajstić information content (AvgIpc) is 3.12. The largest absolute Gasteiger partial charge is 0.325 e. The smallest absolute Gasteiger partial charge is 0.239 e. The Bertz CT molecular complexity index is 866. The first kappa shape index (κ1) is 15.7. The third kappa shape index (κ3) is 2.57. The highest BCUT2D eigenvalue weighted by Crippen LogP contribution is 2.46. The molecule has 0 unspecified atom stereocenters. The highest BCUT2D eigenvalue weighted by atomic mass is 16.2. The fourth-order valence-electron chi connectivity index (χ4n) is 3.72. The number of aromatic nitrogens is 1. The molecule has 128 valence electrons. The van der Waals surface area contributed by atoms with Crippen molar-refractivity contribution in [2.24, 2.45) is 0 Å². The molecule has 1 aliphatic heterocycles. The lowest BCUT2D eigenvalue weighted by molar-refractivity contribution is -0.120. The van der Waals surface area contributed by atoms with Gasteiger partial charge in [-0.1, -0.05) is 12.1 Å². The number of hydrogen-bond donors (Lipinski definition) is 4. The monoisotopic (exact) mass is 337 g/mol. The van der Waals surface area contributed by atoms with Crippen LogP contribution < -0.4 is 21.5 Å². The Kier molecular flexibility index (Phi) is 3.74. The fraction of sp³-hybridized carbons (Fsp3) is 0.278. The summed E-state index contributed by atoms with van der Waals surface area (Å²) in [6, 6.07) is 9.67. The Morgan fingerprint density at radius 1 is 1.28 bits per heavy atom. The molecule has 4 N–H and O–H groups in total. The number of rotatable bonds is 4. The van der Waals surface area contributed by atoms with Gasteiger partial charge in [0.25, 0.3) is 0 Å². The standard InChI is InChI=1S/C18H19N5O2/c1-19-21-10-15(24)22-13-5-4-11-8-18(9-12(11)7-13)14-3-2-6-20-16(14)23-17(18)25/h2-7,19,21H,8-10H2,1H3,(H,22,24)(H,20,23,25)/t18-/m1/s1. The van der Waals surface area contributed by atoms with Crippen LogP contribution in [0.4, 0.5) is 11.5 Å². The molecular formula is C18H19N5O2. The van der Waals surface area contributed by atoms with E-state index in [1.54, 1.807) is 13.2 Å². The molecule has 7 nitrogen and oxygen atoms in total. The number of carbonyl (C=O) groups excluding carboxylic acids is 2. The second-order valence-corrected chi connectivity index (χ2v) is 6.42. The van der Waals surface area contributed by atoms with Crippen molar-refractivity contribution in [3.05, 3.63) is 53.2 Å². The predicted molar refractivity (Wildman–Crippen MR) is 94.1 cm³/mol. The zero-order valence-corrected chi connectivity index (χ0v) is 13.8. The molecule has 4 rings (SSSR count). The Morgan fingerprint density at radius 3 is 2.96 bits per heavy atom. The molecule has 0 bridgehead atoms. The van der Waals surface area contributed by atoms with Crippen molar-refractivity contribution in [1.82, 2.24) is 15.8 Å². The minimum absolute atomic E-state index is 0.00112. The van der Waals surface area contributed by atoms with E-state index in [0.717, 1.165) is 22.4 Å². The second kappa shape index (κ2) is 5.94. The van der Waals surface area contributed by atoms with E-state index in [-0.39, 0.29) is 18.4 Å². The van der Waals surface area contributed by atoms with Gasteiger partial charge in [-0.2, -0.15) is 0 Å². The topological polar surface area (TPSA) is 95.1 Å². The van der Waals surface area contributed by atoms with E-state index in [4.69, 9.17) is 0 Å². The SMILES string of the molecule is CNNCC(=O)Nc1ccc2c(c1)C[C@@]1(C2)C(=O)Nc2ncccc21. The van der Waals surface area contributed by atoms with Gasteiger partial charge in [-0.25, -0.2) is 10.4 Å². The van der Waals surface area contributed by atoms with Crippen LogP contribution in [0.1, 0.15) is 16.7 Å². The zero-order valence-electron chi connectivity index (χ0n) is 13.8. The number of pyridine rings is 1. The number of hydrogen-bond acceptors (Lipinski definition) is 5. The Hall–Kier alpha value is -2.77. The number of hydrazine groups is 1. The minimum atomic E-state index is -0.581. The maximum Gasteiger partial charge on any atom is 0.239 e. The number of nitrogens with zero attached hydrogens (tertiary/aromatic N) is 1. The molecule has 1 aromatic heterocycles. The van der Waals surface area contributed by atoms with Gasteiger partial charge in [-0.05, 0) is 49.2 Å². The molecule has 2 heterocycles. The van der Waals surface area contributed by atoms with Crippen LogP contribution in [0, 0.1) is 0 Å². The molecule has 2 aromatic rings. The number of amides is 2. The van der Waals surface area contributed by atoms with E-state index in [2.05, 4.69) is 26.5 Å². The first-order valence-electron chi connectivity index (χ1n) is 8.20. The molecule has 1 aromatic carbocycles. The van der Waals surface area contributed by atoms with Crippen LogP contribution in [-0.4, -0.2) is 30.4 Å². The van der Waals surface area contributed by atoms with Gasteiger partial charge >= 0.3 is 0 Å². The van der Waals surface area contributed by atoms with Crippen molar-refractivity contribution in [3.63, 3.8) is 0 Å². The molecule has 1 aliphatic carbocycles. The summed E-state index contributed by atoms with van der Waals surface area (Å²) in [6.07, 6.45) is 2.96. The van der Waals surface area contributed by atoms with Crippen molar-refractivity contribution >= 4 is 23.3 Å². The van der Waals surface area contributed by atoms with Gasteiger partial charge < -0.3 is 10.6 Å². The Balaban J connectivity index is 1.59. The predicted octanol–water partition coefficient (Wildman–Crippen LogP) is 0.733. The lowest BCUT2D eigenvalue weighted by Crippen LogP contribution is -2.35. The molecule has 7 heteroatoms. The minimum Gasteiger partial charge on any atom is -0.325 e. The summed E-state index contributed by atoms with van der Waals surface area (Å²) in [5.41, 5.74) is 8.81. The lowest BCUT2D eigenvalue weighted by Gasteiger charge is -2.20. The van der Waals surface area contributed by atoms with Gasteiger partial charge in [0.2, 0.25) is 11.8 Å². The van der Waals surface area contributed by atoms with E-state index in [9.17, 15) is 9.59 Å². The van der Waals surface area contributed by atoms with Gasteiger partial charge in [0.1, 0.15) is 5.82 Å². The quantitative estimate of drug-likeness (QED) is 0.617. The van der Waals surface area contributed by atoms with Crippen LogP contribution >= 0.6 is 0 Å². The third-order valence-electron chi connectivity index (χ3n) is 4.89. The van der Waals surface area contributed by atoms with Gasteiger partial charge in [-0.3, -0.25) is 15.0 Å². The normalized spacial score (nSPS) is 20.3. The maximum absolute atomic E-state index is 12.7. The van der Waals surface area contributed by atoms with Crippen molar-refractivity contribution in [2.45, 2.75) is 18.3 Å². The van der Waals surface area contributed by atoms with Gasteiger partial charge in [0.05, 0.1) is 12.0 Å². The van der Waals surface area contributed by atoms with Crippen LogP contribution in [0.25, 0.3) is 0 Å². The van der Waals surface area contributed by atoms with Gasteiger partial charge in [-0.15, -0.1) is 0 Å². The zero-order chi connectivity index (χ0) is 17.4. The number of nitrogens with one attached hydrogen (secondary N) is 4. The third-order valence-corrected chi connectivity index (χ3v) is 4.89. The van der Waals surface area contributed by atoms with Crippen LogP contribution in [0.5, 0.6) is 0 Å². The van der Waals surface area contributed by atoms with Gasteiger partial charge in [0.15, 0.2) is 0 Å². The van der Waals surface area contributed by atoms with Crippen molar-refractivity contribution in [2.75, 3.05) is 24.2 Å². The molecule has 2 amide bonds. The van der Waals surface area contributed by atoms with Crippen molar-refractivity contribution < 1.29 is 9.59 Å². The van der Waals surface area contributed by atoms with Gasteiger partial charge in [0, 0.05) is 17.4 Å². The number of benzene rings is 1. The fourth-order valence-corrected chi connectivity index (χ4v) is 3.72. The summed E-state index contributed by atoms with van der Waals surface area (Å²) >= 11 is 0. The molecule has 0 saturated carbocycles. The van der Waals surface area contributed by atoms with E-state index in [1.165, 1.54) is 0 Å². The Labute approximate surface area is 145 Å². The number of fused-ring (bicyclic) bond motifs is 3. The summed E-state index contributed by atoms with van der Waals surface area (Å²) in [4.78, 5) is 28.8. The number of anilines is 2. The molecular weight excluding hydrogens is 318 g/mol. The van der Waals surface area contributed by atoms with Crippen LogP contribution in [0.15, 0.2) is 36.5 Å². The summed E-state index contributed by atoms with van der Waals surface area (Å²) in [5.74, 6) is 0.531. The average molecular weight is 337 g/mol. The highest BCUT2D eigenvalue weighted by molar-refractivity contribution is 6.06. The summed E-state index contributed by atoms with van der Waals surface area (Å²) in [5, 5.41) is 5.76. The molecule has 25 heavy (non-hydrogen) atoms. The van der Waals surface area contributed by atoms with Crippen LogP contribution in [0.2, 0.25) is 0 Å². The van der Waals surface area contributed by atoms with Crippen molar-refractivity contribution in [1.29, 1.82) is 0 Å². The number of carbonyl (C=O) groups is 2. The first-order valence-corrected chi connectivity index (χ1v) is 8.20. The second-order valence-electron chi connectivity index (χ2n) is 6.42. The first-order chi connectivity index (χ1) is 12.1. The van der Waals surface area contributed by atoms with Crippen LogP contribution in [-0.2, 0) is 27.8 Å².